The highest BCUT2D eigenvalue weighted by Gasteiger charge is 2.33. The number of thiophene rings is 1. The first kappa shape index (κ1) is 20.8. The molecule has 31 heavy (non-hydrogen) atoms. The Kier molecular flexibility index (Phi) is 5.48. The van der Waals surface area contributed by atoms with E-state index in [4.69, 9.17) is 19.2 Å². The Bertz CT molecular complexity index is 1110. The van der Waals surface area contributed by atoms with Gasteiger partial charge >= 0.3 is 0 Å². The molecular formula is C23H30N4O3S. The SMILES string of the molecule is CC(C)CCOc1ncnc2c1sc1nc(N3CCOCC3)c3c(c12)CC(C)(C)OC3. The molecule has 3 aromatic rings. The summed E-state index contributed by atoms with van der Waals surface area (Å²) in [4.78, 5) is 17.6. The molecule has 0 aliphatic carbocycles. The van der Waals surface area contributed by atoms with Crippen LogP contribution in [0.1, 0.15) is 45.2 Å². The van der Waals surface area contributed by atoms with Crippen molar-refractivity contribution in [2.75, 3.05) is 37.8 Å². The number of hydrogen-bond donors (Lipinski definition) is 0. The van der Waals surface area contributed by atoms with E-state index in [-0.39, 0.29) is 5.60 Å². The molecule has 0 radical (unpaired) electrons. The van der Waals surface area contributed by atoms with Gasteiger partial charge in [-0.2, -0.15) is 0 Å². The molecular weight excluding hydrogens is 412 g/mol. The number of nitrogens with zero attached hydrogens (tertiary/aromatic N) is 4. The van der Waals surface area contributed by atoms with E-state index in [1.165, 1.54) is 11.1 Å². The van der Waals surface area contributed by atoms with E-state index in [9.17, 15) is 0 Å². The maximum absolute atomic E-state index is 6.21. The highest BCUT2D eigenvalue weighted by molar-refractivity contribution is 7.25. The van der Waals surface area contributed by atoms with Gasteiger partial charge in [-0.25, -0.2) is 15.0 Å². The minimum Gasteiger partial charge on any atom is -0.477 e. The molecule has 0 saturated carbocycles. The van der Waals surface area contributed by atoms with E-state index in [1.54, 1.807) is 17.7 Å². The molecule has 7 nitrogen and oxygen atoms in total. The van der Waals surface area contributed by atoms with Crippen LogP contribution in [0.25, 0.3) is 20.4 Å². The third-order valence-corrected chi connectivity index (χ3v) is 7.08. The Morgan fingerprint density at radius 2 is 2.00 bits per heavy atom. The molecule has 8 heteroatoms. The lowest BCUT2D eigenvalue weighted by Gasteiger charge is -2.36. The average molecular weight is 443 g/mol. The summed E-state index contributed by atoms with van der Waals surface area (Å²) in [7, 11) is 0. The molecule has 5 heterocycles. The van der Waals surface area contributed by atoms with Gasteiger partial charge in [0.1, 0.15) is 21.7 Å². The summed E-state index contributed by atoms with van der Waals surface area (Å²) in [5, 5.41) is 1.14. The third-order valence-electron chi connectivity index (χ3n) is 6.02. The minimum absolute atomic E-state index is 0.221. The third kappa shape index (κ3) is 3.97. The fourth-order valence-electron chi connectivity index (χ4n) is 4.30. The number of morpholine rings is 1. The number of fused-ring (bicyclic) bond motifs is 5. The lowest BCUT2D eigenvalue weighted by molar-refractivity contribution is -0.0396. The summed E-state index contributed by atoms with van der Waals surface area (Å²) in [6.45, 7) is 13.1. The molecule has 0 spiro atoms. The van der Waals surface area contributed by atoms with Crippen LogP contribution in [-0.4, -0.2) is 53.5 Å². The van der Waals surface area contributed by atoms with Crippen molar-refractivity contribution >= 4 is 37.6 Å². The minimum atomic E-state index is -0.221. The van der Waals surface area contributed by atoms with Gasteiger partial charge in [-0.1, -0.05) is 13.8 Å². The lowest BCUT2D eigenvalue weighted by Crippen LogP contribution is -2.39. The zero-order valence-electron chi connectivity index (χ0n) is 18.7. The summed E-state index contributed by atoms with van der Waals surface area (Å²) in [6.07, 6.45) is 3.45. The van der Waals surface area contributed by atoms with Gasteiger partial charge < -0.3 is 19.1 Å². The van der Waals surface area contributed by atoms with Gasteiger partial charge in [0.05, 0.1) is 37.5 Å². The van der Waals surface area contributed by atoms with Gasteiger partial charge in [0, 0.05) is 30.5 Å². The van der Waals surface area contributed by atoms with Gasteiger partial charge in [0.25, 0.3) is 0 Å². The van der Waals surface area contributed by atoms with Crippen LogP contribution < -0.4 is 9.64 Å². The second-order valence-corrected chi connectivity index (χ2v) is 10.4. The predicted octanol–water partition coefficient (Wildman–Crippen LogP) is 4.35. The zero-order chi connectivity index (χ0) is 21.6. The van der Waals surface area contributed by atoms with Crippen LogP contribution in [0, 0.1) is 5.92 Å². The maximum atomic E-state index is 6.21. The molecule has 2 aliphatic heterocycles. The van der Waals surface area contributed by atoms with Crippen LogP contribution in [0.15, 0.2) is 6.33 Å². The van der Waals surface area contributed by atoms with Gasteiger partial charge in [0.15, 0.2) is 0 Å². The van der Waals surface area contributed by atoms with E-state index in [2.05, 4.69) is 42.6 Å². The van der Waals surface area contributed by atoms with Crippen LogP contribution >= 0.6 is 11.3 Å². The fraction of sp³-hybridized carbons (Fsp3) is 0.609. The molecule has 5 rings (SSSR count). The summed E-state index contributed by atoms with van der Waals surface area (Å²) in [5.74, 6) is 2.29. The summed E-state index contributed by atoms with van der Waals surface area (Å²) in [5.41, 5.74) is 3.22. The van der Waals surface area contributed by atoms with Crippen molar-refractivity contribution in [2.24, 2.45) is 5.92 Å². The first-order valence-corrected chi connectivity index (χ1v) is 11.9. The van der Waals surface area contributed by atoms with E-state index in [0.29, 0.717) is 25.0 Å². The molecule has 0 aromatic carbocycles. The summed E-state index contributed by atoms with van der Waals surface area (Å²) >= 11 is 1.64. The Balaban J connectivity index is 1.67. The van der Waals surface area contributed by atoms with Crippen LogP contribution in [0.4, 0.5) is 5.82 Å². The molecule has 2 aliphatic rings. The van der Waals surface area contributed by atoms with Crippen molar-refractivity contribution in [2.45, 2.75) is 52.7 Å². The second kappa shape index (κ2) is 8.15. The number of aromatic nitrogens is 3. The molecule has 3 aromatic heterocycles. The highest BCUT2D eigenvalue weighted by atomic mass is 32.1. The zero-order valence-corrected chi connectivity index (χ0v) is 19.5. The number of rotatable bonds is 5. The molecule has 166 valence electrons. The van der Waals surface area contributed by atoms with E-state index in [1.807, 2.05) is 0 Å². The second-order valence-electron chi connectivity index (χ2n) is 9.39. The molecule has 0 amide bonds. The van der Waals surface area contributed by atoms with Crippen LogP contribution in [-0.2, 0) is 22.5 Å². The lowest BCUT2D eigenvalue weighted by atomic mass is 9.90. The highest BCUT2D eigenvalue weighted by Crippen LogP contribution is 2.44. The molecule has 0 atom stereocenters. The summed E-state index contributed by atoms with van der Waals surface area (Å²) < 4.78 is 18.8. The fourth-order valence-corrected chi connectivity index (χ4v) is 5.40. The van der Waals surface area contributed by atoms with E-state index < -0.39 is 0 Å². The van der Waals surface area contributed by atoms with Crippen LogP contribution in [0.5, 0.6) is 5.88 Å². The topological polar surface area (TPSA) is 69.6 Å². The van der Waals surface area contributed by atoms with Crippen molar-refractivity contribution in [3.05, 3.63) is 17.5 Å². The monoisotopic (exact) mass is 442 g/mol. The Labute approximate surface area is 186 Å². The maximum Gasteiger partial charge on any atom is 0.234 e. The first-order chi connectivity index (χ1) is 14.9. The Morgan fingerprint density at radius 3 is 2.77 bits per heavy atom. The predicted molar refractivity (Wildman–Crippen MR) is 123 cm³/mol. The number of ether oxygens (including phenoxy) is 3. The van der Waals surface area contributed by atoms with Crippen LogP contribution in [0.2, 0.25) is 0 Å². The van der Waals surface area contributed by atoms with E-state index >= 15 is 0 Å². The molecule has 1 fully saturated rings. The Morgan fingerprint density at radius 1 is 1.19 bits per heavy atom. The number of anilines is 1. The molecule has 0 bridgehead atoms. The van der Waals surface area contributed by atoms with Crippen molar-refractivity contribution in [1.29, 1.82) is 0 Å². The number of pyridine rings is 1. The molecule has 0 N–H and O–H groups in total. The van der Waals surface area contributed by atoms with Crippen molar-refractivity contribution in [3.8, 4) is 5.88 Å². The van der Waals surface area contributed by atoms with Crippen molar-refractivity contribution in [1.82, 2.24) is 15.0 Å². The molecule has 1 saturated heterocycles. The Hall–Kier alpha value is -2.03. The van der Waals surface area contributed by atoms with Gasteiger partial charge in [-0.15, -0.1) is 11.3 Å². The molecule has 0 unspecified atom stereocenters. The van der Waals surface area contributed by atoms with Gasteiger partial charge in [-0.3, -0.25) is 0 Å². The van der Waals surface area contributed by atoms with Gasteiger partial charge in [-0.05, 0) is 31.7 Å². The average Bonchev–Trinajstić information content (AvgIpc) is 3.12. The standard InChI is InChI=1S/C23H30N4O3S/c1-14(2)5-8-29-21-19-18(24-13-25-21)17-15-11-23(3,4)30-12-16(15)20(26-22(17)31-19)27-6-9-28-10-7-27/h13-14H,5-12H2,1-4H3. The quantitative estimate of drug-likeness (QED) is 0.582. The smallest absolute Gasteiger partial charge is 0.234 e. The van der Waals surface area contributed by atoms with Crippen LogP contribution in [0.3, 0.4) is 0 Å². The van der Waals surface area contributed by atoms with E-state index in [0.717, 1.165) is 65.4 Å². The van der Waals surface area contributed by atoms with Gasteiger partial charge in [0.2, 0.25) is 5.88 Å². The largest absolute Gasteiger partial charge is 0.477 e. The number of hydrogen-bond acceptors (Lipinski definition) is 8. The van der Waals surface area contributed by atoms with Crippen molar-refractivity contribution in [3.63, 3.8) is 0 Å². The van der Waals surface area contributed by atoms with Crippen molar-refractivity contribution < 1.29 is 14.2 Å². The first-order valence-electron chi connectivity index (χ1n) is 11.1. The normalized spacial score (nSPS) is 18.7. The summed E-state index contributed by atoms with van der Waals surface area (Å²) in [6, 6.07) is 0.